The van der Waals surface area contributed by atoms with Crippen LogP contribution >= 0.6 is 24.0 Å². The number of ether oxygens (including phenoxy) is 3. The molecule has 0 aliphatic rings. The van der Waals surface area contributed by atoms with Crippen LogP contribution in [0.15, 0.2) is 47.5 Å². The topological polar surface area (TPSA) is 84.3 Å². The maximum atomic E-state index is 10.3. The average Bonchev–Trinajstić information content (AvgIpc) is 2.75. The number of rotatable bonds is 10. The molecule has 30 heavy (non-hydrogen) atoms. The van der Waals surface area contributed by atoms with Crippen molar-refractivity contribution >= 4 is 29.9 Å². The molecule has 1 unspecified atom stereocenters. The second kappa shape index (κ2) is 13.9. The highest BCUT2D eigenvalue weighted by Gasteiger charge is 2.13. The van der Waals surface area contributed by atoms with Crippen molar-refractivity contribution in [2.24, 2.45) is 4.99 Å². The van der Waals surface area contributed by atoms with Gasteiger partial charge < -0.3 is 30.0 Å². The first-order chi connectivity index (χ1) is 14.1. The highest BCUT2D eigenvalue weighted by molar-refractivity contribution is 14.0. The third-order valence-electron chi connectivity index (χ3n) is 4.31. The fraction of sp³-hybridized carbons (Fsp3) is 0.409. The summed E-state index contributed by atoms with van der Waals surface area (Å²) in [4.78, 5) is 4.60. The lowest BCUT2D eigenvalue weighted by Crippen LogP contribution is -2.41. The first-order valence-corrected chi connectivity index (χ1v) is 9.64. The second-order valence-corrected chi connectivity index (χ2v) is 6.45. The van der Waals surface area contributed by atoms with Crippen LogP contribution in [0.1, 0.15) is 18.1 Å². The lowest BCUT2D eigenvalue weighted by Gasteiger charge is -2.16. The molecule has 0 aromatic heterocycles. The second-order valence-electron chi connectivity index (χ2n) is 6.45. The van der Waals surface area contributed by atoms with E-state index in [-0.39, 0.29) is 24.0 Å². The van der Waals surface area contributed by atoms with Crippen molar-refractivity contribution in [2.75, 3.05) is 34.4 Å². The van der Waals surface area contributed by atoms with Crippen molar-refractivity contribution in [3.05, 3.63) is 53.6 Å². The summed E-state index contributed by atoms with van der Waals surface area (Å²) in [6, 6.07) is 13.7. The molecule has 0 radical (unpaired) electrons. The van der Waals surface area contributed by atoms with Gasteiger partial charge in [-0.25, -0.2) is 4.99 Å². The minimum atomic E-state index is -0.512. The van der Waals surface area contributed by atoms with E-state index in [0.29, 0.717) is 42.7 Å². The standard InChI is InChI=1S/C22H31N3O4.HI/c1-5-23-22(25-15-18(26)11-16-9-7-6-8-10-16)24-14-17-12-19(27-2)21(29-4)20(13-17)28-3;/h6-10,12-13,18,26H,5,11,14-15H2,1-4H3,(H2,23,24,25);1H. The Morgan fingerprint density at radius 2 is 1.60 bits per heavy atom. The predicted octanol–water partition coefficient (Wildman–Crippen LogP) is 2.99. The number of methoxy groups -OCH3 is 3. The molecular weight excluding hydrogens is 497 g/mol. The Balaban J connectivity index is 0.00000450. The summed E-state index contributed by atoms with van der Waals surface area (Å²) >= 11 is 0. The Morgan fingerprint density at radius 1 is 0.967 bits per heavy atom. The van der Waals surface area contributed by atoms with Crippen LogP contribution in [0.4, 0.5) is 0 Å². The number of aliphatic imine (C=N–C) groups is 1. The molecule has 0 heterocycles. The van der Waals surface area contributed by atoms with Crippen molar-refractivity contribution in [2.45, 2.75) is 26.0 Å². The minimum absolute atomic E-state index is 0. The SMILES string of the molecule is CCNC(=NCc1cc(OC)c(OC)c(OC)c1)NCC(O)Cc1ccccc1.I. The van der Waals surface area contributed by atoms with Gasteiger partial charge in [-0.1, -0.05) is 30.3 Å². The molecule has 0 saturated carbocycles. The van der Waals surface area contributed by atoms with Gasteiger partial charge in [-0.3, -0.25) is 0 Å². The molecule has 0 saturated heterocycles. The first-order valence-electron chi connectivity index (χ1n) is 9.64. The van der Waals surface area contributed by atoms with Crippen molar-refractivity contribution in [1.29, 1.82) is 0 Å². The molecular formula is C22H32IN3O4. The van der Waals surface area contributed by atoms with Gasteiger partial charge >= 0.3 is 0 Å². The van der Waals surface area contributed by atoms with Crippen LogP contribution in [0.25, 0.3) is 0 Å². The van der Waals surface area contributed by atoms with Gasteiger partial charge in [0.2, 0.25) is 5.75 Å². The lowest BCUT2D eigenvalue weighted by molar-refractivity contribution is 0.177. The molecule has 0 aliphatic heterocycles. The Bertz CT molecular complexity index is 762. The molecule has 7 nitrogen and oxygen atoms in total. The number of benzene rings is 2. The summed E-state index contributed by atoms with van der Waals surface area (Å²) in [7, 11) is 4.75. The van der Waals surface area contributed by atoms with Crippen LogP contribution in [0.3, 0.4) is 0 Å². The van der Waals surface area contributed by atoms with Crippen LogP contribution in [-0.2, 0) is 13.0 Å². The number of hydrogen-bond donors (Lipinski definition) is 3. The number of nitrogens with zero attached hydrogens (tertiary/aromatic N) is 1. The van der Waals surface area contributed by atoms with Crippen molar-refractivity contribution < 1.29 is 19.3 Å². The van der Waals surface area contributed by atoms with Gasteiger partial charge in [0.15, 0.2) is 17.5 Å². The van der Waals surface area contributed by atoms with Crippen LogP contribution in [0, 0.1) is 0 Å². The van der Waals surface area contributed by atoms with E-state index >= 15 is 0 Å². The molecule has 3 N–H and O–H groups in total. The number of aliphatic hydroxyl groups is 1. The predicted molar refractivity (Wildman–Crippen MR) is 130 cm³/mol. The van der Waals surface area contributed by atoms with Gasteiger partial charge in [0.05, 0.1) is 34.0 Å². The monoisotopic (exact) mass is 529 g/mol. The zero-order valence-electron chi connectivity index (χ0n) is 18.0. The summed E-state index contributed by atoms with van der Waals surface area (Å²) in [5.41, 5.74) is 2.02. The Morgan fingerprint density at radius 3 is 2.13 bits per heavy atom. The molecule has 0 amide bonds. The van der Waals surface area contributed by atoms with Crippen LogP contribution in [0.2, 0.25) is 0 Å². The molecule has 0 aliphatic carbocycles. The van der Waals surface area contributed by atoms with Gasteiger partial charge in [-0.2, -0.15) is 0 Å². The number of hydrogen-bond acceptors (Lipinski definition) is 5. The highest BCUT2D eigenvalue weighted by atomic mass is 127. The molecule has 2 aromatic carbocycles. The molecule has 8 heteroatoms. The van der Waals surface area contributed by atoms with Gasteiger partial charge in [0.25, 0.3) is 0 Å². The van der Waals surface area contributed by atoms with Gasteiger partial charge in [-0.15, -0.1) is 24.0 Å². The normalized spacial score (nSPS) is 11.8. The van der Waals surface area contributed by atoms with Crippen LogP contribution in [-0.4, -0.2) is 51.6 Å². The summed E-state index contributed by atoms with van der Waals surface area (Å²) in [6.07, 6.45) is 0.0718. The third kappa shape index (κ3) is 7.91. The Kier molecular flexibility index (Phi) is 12.0. The maximum Gasteiger partial charge on any atom is 0.203 e. The fourth-order valence-corrected chi connectivity index (χ4v) is 2.91. The maximum absolute atomic E-state index is 10.3. The van der Waals surface area contributed by atoms with Crippen molar-refractivity contribution in [3.63, 3.8) is 0 Å². The average molecular weight is 529 g/mol. The van der Waals surface area contributed by atoms with E-state index in [1.54, 1.807) is 21.3 Å². The minimum Gasteiger partial charge on any atom is -0.493 e. The van der Waals surface area contributed by atoms with E-state index in [9.17, 15) is 5.11 Å². The van der Waals surface area contributed by atoms with Crippen LogP contribution in [0.5, 0.6) is 17.2 Å². The fourth-order valence-electron chi connectivity index (χ4n) is 2.91. The molecule has 2 aromatic rings. The number of guanidine groups is 1. The third-order valence-corrected chi connectivity index (χ3v) is 4.31. The summed E-state index contributed by atoms with van der Waals surface area (Å²) < 4.78 is 16.1. The van der Waals surface area contributed by atoms with E-state index < -0.39 is 6.10 Å². The van der Waals surface area contributed by atoms with Gasteiger partial charge in [-0.05, 0) is 30.2 Å². The molecule has 2 rings (SSSR count). The largest absolute Gasteiger partial charge is 0.493 e. The van der Waals surface area contributed by atoms with Crippen molar-refractivity contribution in [1.82, 2.24) is 10.6 Å². The van der Waals surface area contributed by atoms with Crippen molar-refractivity contribution in [3.8, 4) is 17.2 Å². The number of nitrogens with one attached hydrogen (secondary N) is 2. The quantitative estimate of drug-likeness (QED) is 0.250. The van der Waals surface area contributed by atoms with E-state index in [2.05, 4.69) is 15.6 Å². The molecule has 0 spiro atoms. The van der Waals surface area contributed by atoms with E-state index in [1.165, 1.54) is 0 Å². The van der Waals surface area contributed by atoms with E-state index in [0.717, 1.165) is 17.7 Å². The zero-order chi connectivity index (χ0) is 21.1. The summed E-state index contributed by atoms with van der Waals surface area (Å²) in [5, 5.41) is 16.7. The van der Waals surface area contributed by atoms with Crippen LogP contribution < -0.4 is 24.8 Å². The molecule has 1 atom stereocenters. The Hall–Kier alpha value is -2.20. The zero-order valence-corrected chi connectivity index (χ0v) is 20.3. The summed E-state index contributed by atoms with van der Waals surface area (Å²) in [5.74, 6) is 2.37. The first kappa shape index (κ1) is 25.8. The molecule has 0 bridgehead atoms. The highest BCUT2D eigenvalue weighted by Crippen LogP contribution is 2.38. The number of halogens is 1. The molecule has 0 fully saturated rings. The molecule has 166 valence electrons. The smallest absolute Gasteiger partial charge is 0.203 e. The Labute approximate surface area is 195 Å². The lowest BCUT2D eigenvalue weighted by atomic mass is 10.1. The summed E-state index contributed by atoms with van der Waals surface area (Å²) in [6.45, 7) is 3.53. The van der Waals surface area contributed by atoms with Gasteiger partial charge in [0.1, 0.15) is 0 Å². The van der Waals surface area contributed by atoms with Gasteiger partial charge in [0, 0.05) is 19.5 Å². The van der Waals surface area contributed by atoms with E-state index in [1.807, 2.05) is 49.4 Å². The van der Waals surface area contributed by atoms with E-state index in [4.69, 9.17) is 14.2 Å². The number of aliphatic hydroxyl groups excluding tert-OH is 1.